The highest BCUT2D eigenvalue weighted by molar-refractivity contribution is 5.75. The van der Waals surface area contributed by atoms with Crippen molar-refractivity contribution in [1.29, 1.82) is 0 Å². The highest BCUT2D eigenvalue weighted by atomic mass is 16.6. The molecule has 0 N–H and O–H groups in total. The van der Waals surface area contributed by atoms with Crippen LogP contribution in [0.1, 0.15) is 41.5 Å². The lowest BCUT2D eigenvalue weighted by molar-refractivity contribution is -0.136. The predicted molar refractivity (Wildman–Crippen MR) is 69.3 cm³/mol. The first-order valence-electron chi connectivity index (χ1n) is 6.38. The van der Waals surface area contributed by atoms with E-state index in [0.29, 0.717) is 13.1 Å². The van der Waals surface area contributed by atoms with Crippen molar-refractivity contribution in [3.8, 4) is 0 Å². The molecule has 1 heterocycles. The molecule has 1 saturated heterocycles. The zero-order valence-corrected chi connectivity index (χ0v) is 12.2. The third-order valence-electron chi connectivity index (χ3n) is 2.93. The predicted octanol–water partition coefficient (Wildman–Crippen LogP) is 1.86. The molecule has 1 fully saturated rings. The van der Waals surface area contributed by atoms with Crippen LogP contribution in [0, 0.1) is 0 Å². The van der Waals surface area contributed by atoms with E-state index < -0.39 is 5.60 Å². The van der Waals surface area contributed by atoms with Crippen LogP contribution in [0.5, 0.6) is 0 Å². The van der Waals surface area contributed by atoms with E-state index in [1.807, 2.05) is 39.5 Å². The van der Waals surface area contributed by atoms with Crippen LogP contribution < -0.4 is 0 Å². The summed E-state index contributed by atoms with van der Waals surface area (Å²) in [5.41, 5.74) is -0.485. The summed E-state index contributed by atoms with van der Waals surface area (Å²) in [6, 6.07) is 0.0533. The van der Waals surface area contributed by atoms with Gasteiger partial charge < -0.3 is 14.5 Å². The molecule has 0 spiro atoms. The van der Waals surface area contributed by atoms with E-state index in [1.54, 1.807) is 11.8 Å². The molecule has 0 aromatic heterocycles. The molecule has 2 atom stereocenters. The second kappa shape index (κ2) is 5.16. The van der Waals surface area contributed by atoms with Crippen molar-refractivity contribution in [1.82, 2.24) is 9.80 Å². The fourth-order valence-corrected chi connectivity index (χ4v) is 2.42. The highest BCUT2D eigenvalue weighted by Gasteiger charge is 2.34. The standard InChI is InChI=1S/C13H24N2O3/c1-9-7-14(12(17)18-13(4,5)6)8-10(2)15(9)11(3)16/h9-10H,7-8H2,1-6H3/t9-,10-/m0/s1. The second-order valence-corrected chi connectivity index (χ2v) is 6.01. The molecule has 0 bridgehead atoms. The summed E-state index contributed by atoms with van der Waals surface area (Å²) in [5, 5.41) is 0. The smallest absolute Gasteiger partial charge is 0.410 e. The van der Waals surface area contributed by atoms with Crippen molar-refractivity contribution in [3.05, 3.63) is 0 Å². The van der Waals surface area contributed by atoms with Gasteiger partial charge in [0, 0.05) is 32.1 Å². The minimum atomic E-state index is -0.485. The summed E-state index contributed by atoms with van der Waals surface area (Å²) in [6.45, 7) is 12.1. The van der Waals surface area contributed by atoms with Crippen LogP contribution in [0.25, 0.3) is 0 Å². The summed E-state index contributed by atoms with van der Waals surface area (Å²) in [4.78, 5) is 27.0. The van der Waals surface area contributed by atoms with Crippen LogP contribution in [0.15, 0.2) is 0 Å². The van der Waals surface area contributed by atoms with E-state index >= 15 is 0 Å². The lowest BCUT2D eigenvalue weighted by Gasteiger charge is -2.44. The van der Waals surface area contributed by atoms with Gasteiger partial charge in [-0.2, -0.15) is 0 Å². The zero-order valence-electron chi connectivity index (χ0n) is 12.2. The number of carbonyl (C=O) groups excluding carboxylic acids is 2. The minimum Gasteiger partial charge on any atom is -0.444 e. The average molecular weight is 256 g/mol. The number of hydrogen-bond donors (Lipinski definition) is 0. The number of carbonyl (C=O) groups is 2. The monoisotopic (exact) mass is 256 g/mol. The summed E-state index contributed by atoms with van der Waals surface area (Å²) in [5.74, 6) is 0.0545. The molecular weight excluding hydrogens is 232 g/mol. The van der Waals surface area contributed by atoms with Crippen LogP contribution in [-0.2, 0) is 9.53 Å². The Kier molecular flexibility index (Phi) is 4.24. The van der Waals surface area contributed by atoms with E-state index in [2.05, 4.69) is 0 Å². The lowest BCUT2D eigenvalue weighted by Crippen LogP contribution is -2.59. The van der Waals surface area contributed by atoms with Gasteiger partial charge in [0.2, 0.25) is 5.91 Å². The fourth-order valence-electron chi connectivity index (χ4n) is 2.42. The summed E-state index contributed by atoms with van der Waals surface area (Å²) in [7, 11) is 0. The van der Waals surface area contributed by atoms with Gasteiger partial charge in [0.1, 0.15) is 5.60 Å². The average Bonchev–Trinajstić information content (AvgIpc) is 2.12. The minimum absolute atomic E-state index is 0.0266. The SMILES string of the molecule is CC(=O)N1[C@@H](C)CN(C(=O)OC(C)(C)C)C[C@@H]1C. The van der Waals surface area contributed by atoms with Crippen LogP contribution >= 0.6 is 0 Å². The van der Waals surface area contributed by atoms with Crippen LogP contribution in [-0.4, -0.2) is 52.6 Å². The molecular formula is C13H24N2O3. The Morgan fingerprint density at radius 1 is 1.11 bits per heavy atom. The largest absolute Gasteiger partial charge is 0.444 e. The van der Waals surface area contributed by atoms with Crippen molar-refractivity contribution in [2.24, 2.45) is 0 Å². The quantitative estimate of drug-likeness (QED) is 0.664. The van der Waals surface area contributed by atoms with Gasteiger partial charge in [0.15, 0.2) is 0 Å². The van der Waals surface area contributed by atoms with E-state index in [0.717, 1.165) is 0 Å². The Labute approximate surface area is 109 Å². The van der Waals surface area contributed by atoms with Crippen molar-refractivity contribution >= 4 is 12.0 Å². The fraction of sp³-hybridized carbons (Fsp3) is 0.846. The molecule has 1 aliphatic rings. The maximum atomic E-state index is 12.0. The first kappa shape index (κ1) is 14.8. The maximum Gasteiger partial charge on any atom is 0.410 e. The number of hydrogen-bond acceptors (Lipinski definition) is 3. The molecule has 104 valence electrons. The number of amides is 2. The normalized spacial score (nSPS) is 25.0. The number of nitrogens with zero attached hydrogens (tertiary/aromatic N) is 2. The van der Waals surface area contributed by atoms with E-state index in [1.165, 1.54) is 0 Å². The Hall–Kier alpha value is -1.26. The molecule has 1 aliphatic heterocycles. The molecule has 18 heavy (non-hydrogen) atoms. The van der Waals surface area contributed by atoms with Crippen LogP contribution in [0.2, 0.25) is 0 Å². The molecule has 0 unspecified atom stereocenters. The third kappa shape index (κ3) is 3.62. The second-order valence-electron chi connectivity index (χ2n) is 6.01. The maximum absolute atomic E-state index is 12.0. The number of rotatable bonds is 0. The Bertz CT molecular complexity index is 324. The summed E-state index contributed by atoms with van der Waals surface area (Å²) < 4.78 is 5.35. The van der Waals surface area contributed by atoms with E-state index in [9.17, 15) is 9.59 Å². The molecule has 0 aromatic carbocycles. The van der Waals surface area contributed by atoms with Crippen molar-refractivity contribution in [3.63, 3.8) is 0 Å². The van der Waals surface area contributed by atoms with Gasteiger partial charge in [-0.25, -0.2) is 4.79 Å². The molecule has 5 heteroatoms. The topological polar surface area (TPSA) is 49.9 Å². The molecule has 0 aromatic rings. The van der Waals surface area contributed by atoms with Gasteiger partial charge in [0.25, 0.3) is 0 Å². The van der Waals surface area contributed by atoms with Crippen molar-refractivity contribution in [2.45, 2.75) is 59.2 Å². The number of ether oxygens (including phenoxy) is 1. The first-order valence-corrected chi connectivity index (χ1v) is 6.38. The van der Waals surface area contributed by atoms with Gasteiger partial charge in [-0.3, -0.25) is 4.79 Å². The summed E-state index contributed by atoms with van der Waals surface area (Å²) >= 11 is 0. The van der Waals surface area contributed by atoms with E-state index in [4.69, 9.17) is 4.74 Å². The van der Waals surface area contributed by atoms with Crippen molar-refractivity contribution in [2.75, 3.05) is 13.1 Å². The molecule has 0 radical (unpaired) electrons. The highest BCUT2D eigenvalue weighted by Crippen LogP contribution is 2.18. The Morgan fingerprint density at radius 3 is 1.89 bits per heavy atom. The first-order chi connectivity index (χ1) is 8.11. The molecule has 1 rings (SSSR count). The van der Waals surface area contributed by atoms with E-state index in [-0.39, 0.29) is 24.1 Å². The summed E-state index contributed by atoms with van der Waals surface area (Å²) in [6.07, 6.45) is -0.301. The van der Waals surface area contributed by atoms with Gasteiger partial charge in [-0.1, -0.05) is 0 Å². The molecule has 2 amide bonds. The van der Waals surface area contributed by atoms with Crippen LogP contribution in [0.3, 0.4) is 0 Å². The van der Waals surface area contributed by atoms with Crippen LogP contribution in [0.4, 0.5) is 4.79 Å². The third-order valence-corrected chi connectivity index (χ3v) is 2.93. The lowest BCUT2D eigenvalue weighted by atomic mass is 10.1. The van der Waals surface area contributed by atoms with Gasteiger partial charge >= 0.3 is 6.09 Å². The van der Waals surface area contributed by atoms with Gasteiger partial charge in [-0.05, 0) is 34.6 Å². The van der Waals surface area contributed by atoms with Gasteiger partial charge in [-0.15, -0.1) is 0 Å². The molecule has 0 aliphatic carbocycles. The number of piperazine rings is 1. The Morgan fingerprint density at radius 2 is 1.56 bits per heavy atom. The zero-order chi connectivity index (χ0) is 14.1. The van der Waals surface area contributed by atoms with Crippen molar-refractivity contribution < 1.29 is 14.3 Å². The molecule has 5 nitrogen and oxygen atoms in total. The Balaban J connectivity index is 2.68. The molecule has 0 saturated carbocycles. The van der Waals surface area contributed by atoms with Gasteiger partial charge in [0.05, 0.1) is 0 Å².